The summed E-state index contributed by atoms with van der Waals surface area (Å²) in [5, 5.41) is 4.25. The number of aryl methyl sites for hydroxylation is 1. The molecule has 0 amide bonds. The summed E-state index contributed by atoms with van der Waals surface area (Å²) in [7, 11) is 1.67. The fourth-order valence-electron chi connectivity index (χ4n) is 1.40. The predicted octanol–water partition coefficient (Wildman–Crippen LogP) is 0.437. The van der Waals surface area contributed by atoms with Crippen LogP contribution in [0, 0.1) is 0 Å². The highest BCUT2D eigenvalue weighted by atomic mass is 16.5. The Kier molecular flexibility index (Phi) is 6.80. The molecule has 0 atom stereocenters. The van der Waals surface area contributed by atoms with Crippen LogP contribution in [0.1, 0.15) is 12.0 Å². The lowest BCUT2D eigenvalue weighted by atomic mass is 10.3. The van der Waals surface area contributed by atoms with E-state index >= 15 is 0 Å². The van der Waals surface area contributed by atoms with Crippen LogP contribution in [-0.4, -0.2) is 43.3 Å². The first-order valence-electron chi connectivity index (χ1n) is 5.65. The molecule has 0 spiro atoms. The van der Waals surface area contributed by atoms with Crippen LogP contribution in [0.3, 0.4) is 0 Å². The van der Waals surface area contributed by atoms with Crippen LogP contribution in [-0.2, 0) is 22.4 Å². The quantitative estimate of drug-likeness (QED) is 0.622. The fraction of sp³-hybridized carbons (Fsp3) is 0.727. The molecule has 0 aliphatic carbocycles. The molecule has 0 radical (unpaired) electrons. The van der Waals surface area contributed by atoms with Gasteiger partial charge >= 0.3 is 0 Å². The number of methoxy groups -OCH3 is 1. The molecule has 0 unspecified atom stereocenters. The van der Waals surface area contributed by atoms with Gasteiger partial charge in [0.05, 0.1) is 19.4 Å². The first-order valence-corrected chi connectivity index (χ1v) is 5.65. The van der Waals surface area contributed by atoms with Crippen molar-refractivity contribution in [3.05, 3.63) is 18.0 Å². The number of nitrogens with zero attached hydrogens (tertiary/aromatic N) is 2. The van der Waals surface area contributed by atoms with Crippen LogP contribution in [0.4, 0.5) is 0 Å². The number of nitrogens with two attached hydrogens (primary N) is 1. The standard InChI is InChI=1S/C11H21N3O2/c1-15-7-8-16-6-2-5-14-10-11(3-4-12)9-13-14/h9-10H,2-8,12H2,1H3. The van der Waals surface area contributed by atoms with Gasteiger partial charge in [-0.25, -0.2) is 0 Å². The monoisotopic (exact) mass is 227 g/mol. The Morgan fingerprint density at radius 3 is 3.00 bits per heavy atom. The lowest BCUT2D eigenvalue weighted by Gasteiger charge is -2.03. The van der Waals surface area contributed by atoms with Gasteiger partial charge in [0.25, 0.3) is 0 Å². The van der Waals surface area contributed by atoms with Crippen LogP contribution in [0.5, 0.6) is 0 Å². The molecule has 1 aromatic rings. The van der Waals surface area contributed by atoms with Crippen LogP contribution < -0.4 is 5.73 Å². The van der Waals surface area contributed by atoms with Gasteiger partial charge in [-0.1, -0.05) is 0 Å². The Morgan fingerprint density at radius 2 is 2.25 bits per heavy atom. The van der Waals surface area contributed by atoms with Gasteiger partial charge in [0.1, 0.15) is 0 Å². The second kappa shape index (κ2) is 8.27. The molecule has 0 fully saturated rings. The minimum atomic E-state index is 0.655. The Hall–Kier alpha value is -0.910. The summed E-state index contributed by atoms with van der Waals surface area (Å²) >= 11 is 0. The molecular weight excluding hydrogens is 206 g/mol. The summed E-state index contributed by atoms with van der Waals surface area (Å²) in [6, 6.07) is 0. The Balaban J connectivity index is 2.07. The van der Waals surface area contributed by atoms with E-state index in [2.05, 4.69) is 5.10 Å². The van der Waals surface area contributed by atoms with Gasteiger partial charge in [0.15, 0.2) is 0 Å². The van der Waals surface area contributed by atoms with Crippen molar-refractivity contribution < 1.29 is 9.47 Å². The maximum atomic E-state index is 5.47. The molecule has 5 nitrogen and oxygen atoms in total. The minimum Gasteiger partial charge on any atom is -0.382 e. The van der Waals surface area contributed by atoms with Gasteiger partial charge in [0.2, 0.25) is 0 Å². The molecule has 16 heavy (non-hydrogen) atoms. The van der Waals surface area contributed by atoms with E-state index in [1.807, 2.05) is 17.1 Å². The van der Waals surface area contributed by atoms with E-state index in [0.29, 0.717) is 19.8 Å². The molecule has 2 N–H and O–H groups in total. The maximum absolute atomic E-state index is 5.47. The Bertz CT molecular complexity index is 276. The van der Waals surface area contributed by atoms with Crippen molar-refractivity contribution in [2.45, 2.75) is 19.4 Å². The van der Waals surface area contributed by atoms with Crippen LogP contribution in [0.25, 0.3) is 0 Å². The lowest BCUT2D eigenvalue weighted by molar-refractivity contribution is 0.0677. The summed E-state index contributed by atoms with van der Waals surface area (Å²) in [5.74, 6) is 0. The molecule has 5 heteroatoms. The highest BCUT2D eigenvalue weighted by molar-refractivity contribution is 5.03. The molecule has 1 rings (SSSR count). The van der Waals surface area contributed by atoms with E-state index < -0.39 is 0 Å². The molecule has 0 aliphatic heterocycles. The summed E-state index contributed by atoms with van der Waals surface area (Å²) in [4.78, 5) is 0. The van der Waals surface area contributed by atoms with Crippen molar-refractivity contribution in [3.8, 4) is 0 Å². The summed E-state index contributed by atoms with van der Waals surface area (Å²) < 4.78 is 12.2. The fourth-order valence-corrected chi connectivity index (χ4v) is 1.40. The molecule has 1 heterocycles. The van der Waals surface area contributed by atoms with Crippen molar-refractivity contribution in [3.63, 3.8) is 0 Å². The SMILES string of the molecule is COCCOCCCn1cc(CCN)cn1. The summed E-state index contributed by atoms with van der Waals surface area (Å²) in [5.41, 5.74) is 6.67. The molecule has 1 aromatic heterocycles. The Morgan fingerprint density at radius 1 is 1.38 bits per heavy atom. The topological polar surface area (TPSA) is 62.3 Å². The molecular formula is C11H21N3O2. The summed E-state index contributed by atoms with van der Waals surface area (Å²) in [6.07, 6.45) is 5.78. The van der Waals surface area contributed by atoms with E-state index in [9.17, 15) is 0 Å². The van der Waals surface area contributed by atoms with E-state index in [1.54, 1.807) is 7.11 Å². The largest absolute Gasteiger partial charge is 0.382 e. The smallest absolute Gasteiger partial charge is 0.0700 e. The third-order valence-electron chi connectivity index (χ3n) is 2.23. The number of hydrogen-bond donors (Lipinski definition) is 1. The number of ether oxygens (including phenoxy) is 2. The normalized spacial score (nSPS) is 10.9. The van der Waals surface area contributed by atoms with E-state index in [0.717, 1.165) is 26.0 Å². The van der Waals surface area contributed by atoms with Gasteiger partial charge in [-0.15, -0.1) is 0 Å². The van der Waals surface area contributed by atoms with E-state index in [-0.39, 0.29) is 0 Å². The molecule has 0 bridgehead atoms. The molecule has 0 saturated heterocycles. The summed E-state index contributed by atoms with van der Waals surface area (Å²) in [6.45, 7) is 3.62. The average molecular weight is 227 g/mol. The van der Waals surface area contributed by atoms with E-state index in [4.69, 9.17) is 15.2 Å². The number of rotatable bonds is 9. The zero-order valence-corrected chi connectivity index (χ0v) is 9.89. The molecule has 92 valence electrons. The van der Waals surface area contributed by atoms with Gasteiger partial charge < -0.3 is 15.2 Å². The van der Waals surface area contributed by atoms with Crippen molar-refractivity contribution in [2.75, 3.05) is 33.5 Å². The van der Waals surface area contributed by atoms with Gasteiger partial charge in [-0.3, -0.25) is 4.68 Å². The Labute approximate surface area is 96.5 Å². The molecule has 0 aromatic carbocycles. The van der Waals surface area contributed by atoms with Gasteiger partial charge in [-0.05, 0) is 24.9 Å². The molecule has 0 saturated carbocycles. The van der Waals surface area contributed by atoms with Crippen LogP contribution in [0.2, 0.25) is 0 Å². The first-order chi connectivity index (χ1) is 7.86. The minimum absolute atomic E-state index is 0.655. The highest BCUT2D eigenvalue weighted by Gasteiger charge is 1.97. The predicted molar refractivity (Wildman–Crippen MR) is 62.3 cm³/mol. The van der Waals surface area contributed by atoms with Crippen LogP contribution >= 0.6 is 0 Å². The third kappa shape index (κ3) is 5.25. The highest BCUT2D eigenvalue weighted by Crippen LogP contribution is 1.99. The van der Waals surface area contributed by atoms with E-state index in [1.165, 1.54) is 5.56 Å². The lowest BCUT2D eigenvalue weighted by Crippen LogP contribution is -2.06. The average Bonchev–Trinajstić information content (AvgIpc) is 2.72. The van der Waals surface area contributed by atoms with Crippen molar-refractivity contribution >= 4 is 0 Å². The van der Waals surface area contributed by atoms with Gasteiger partial charge in [-0.2, -0.15) is 5.10 Å². The number of aromatic nitrogens is 2. The molecule has 0 aliphatic rings. The third-order valence-corrected chi connectivity index (χ3v) is 2.23. The second-order valence-corrected chi connectivity index (χ2v) is 3.61. The van der Waals surface area contributed by atoms with Crippen LogP contribution in [0.15, 0.2) is 12.4 Å². The number of hydrogen-bond acceptors (Lipinski definition) is 4. The van der Waals surface area contributed by atoms with Crippen molar-refractivity contribution in [2.24, 2.45) is 5.73 Å². The van der Waals surface area contributed by atoms with Crippen molar-refractivity contribution in [1.29, 1.82) is 0 Å². The zero-order chi connectivity index (χ0) is 11.6. The maximum Gasteiger partial charge on any atom is 0.0700 e. The first kappa shape index (κ1) is 13.2. The van der Waals surface area contributed by atoms with Gasteiger partial charge in [0, 0.05) is 26.5 Å². The zero-order valence-electron chi connectivity index (χ0n) is 9.89. The second-order valence-electron chi connectivity index (χ2n) is 3.61. The van der Waals surface area contributed by atoms with Crippen molar-refractivity contribution in [1.82, 2.24) is 9.78 Å².